The number of benzene rings is 2. The molecule has 9 heteroatoms. The fraction of sp³-hybridized carbons (Fsp3) is 0.269. The maximum Gasteiger partial charge on any atom is 0.335 e. The van der Waals surface area contributed by atoms with Crippen LogP contribution in [0.2, 0.25) is 0 Å². The van der Waals surface area contributed by atoms with Crippen molar-refractivity contribution in [1.29, 1.82) is 0 Å². The number of carboxylic acids is 1. The van der Waals surface area contributed by atoms with Crippen LogP contribution in [-0.2, 0) is 15.4 Å². The van der Waals surface area contributed by atoms with Crippen LogP contribution < -0.4 is 9.46 Å². The molecule has 0 unspecified atom stereocenters. The van der Waals surface area contributed by atoms with Gasteiger partial charge in [0.05, 0.1) is 10.5 Å². The van der Waals surface area contributed by atoms with E-state index in [1.54, 1.807) is 6.07 Å². The summed E-state index contributed by atoms with van der Waals surface area (Å²) in [6.07, 6.45) is 0. The maximum absolute atomic E-state index is 13.1. The van der Waals surface area contributed by atoms with Gasteiger partial charge in [-0.15, -0.1) is 0 Å². The Bertz CT molecular complexity index is 1410. The summed E-state index contributed by atoms with van der Waals surface area (Å²) in [6.45, 7) is 11.6. The number of aryl methyl sites for hydroxylation is 3. The molecule has 2 N–H and O–H groups in total. The third-order valence-electron chi connectivity index (χ3n) is 5.30. The Balaban J connectivity index is 0.00000342. The second-order valence-corrected chi connectivity index (χ2v) is 11.1. The SMILES string of the molecule is Cc1cc(C)c(Oc2nc(C(C)(C)C)ccc2C(=O)NS(=O)(=O)c2cccc(C(=O)O)c2)c(C)c1.[HH].[HH]. The van der Waals surface area contributed by atoms with Gasteiger partial charge >= 0.3 is 5.97 Å². The van der Waals surface area contributed by atoms with E-state index in [-0.39, 0.29) is 30.2 Å². The molecule has 0 aliphatic rings. The summed E-state index contributed by atoms with van der Waals surface area (Å²) >= 11 is 0. The van der Waals surface area contributed by atoms with Gasteiger partial charge < -0.3 is 9.84 Å². The minimum Gasteiger partial charge on any atom is -0.478 e. The summed E-state index contributed by atoms with van der Waals surface area (Å²) in [4.78, 5) is 28.5. The molecule has 8 nitrogen and oxygen atoms in total. The van der Waals surface area contributed by atoms with Crippen molar-refractivity contribution < 1.29 is 30.7 Å². The predicted molar refractivity (Wildman–Crippen MR) is 136 cm³/mol. The molecule has 1 heterocycles. The maximum atomic E-state index is 13.1. The zero-order chi connectivity index (χ0) is 26.1. The van der Waals surface area contributed by atoms with Crippen molar-refractivity contribution in [2.45, 2.75) is 51.9 Å². The van der Waals surface area contributed by atoms with Crippen molar-refractivity contribution >= 4 is 21.9 Å². The van der Waals surface area contributed by atoms with Crippen molar-refractivity contribution in [3.8, 4) is 11.6 Å². The highest BCUT2D eigenvalue weighted by atomic mass is 32.2. The van der Waals surface area contributed by atoms with Crippen molar-refractivity contribution in [3.05, 3.63) is 82.0 Å². The third kappa shape index (κ3) is 5.86. The number of nitrogens with one attached hydrogen (secondary N) is 1. The number of amides is 1. The summed E-state index contributed by atoms with van der Waals surface area (Å²) in [5.74, 6) is -1.73. The highest BCUT2D eigenvalue weighted by Gasteiger charge is 2.26. The number of nitrogens with zero attached hydrogens (tertiary/aromatic N) is 1. The minimum atomic E-state index is -4.36. The lowest BCUT2D eigenvalue weighted by molar-refractivity contribution is 0.0696. The van der Waals surface area contributed by atoms with Crippen LogP contribution in [0, 0.1) is 20.8 Å². The molecule has 0 fully saturated rings. The Labute approximate surface area is 208 Å². The van der Waals surface area contributed by atoms with Crippen molar-refractivity contribution in [2.75, 3.05) is 0 Å². The molecule has 1 amide bonds. The molecule has 35 heavy (non-hydrogen) atoms. The lowest BCUT2D eigenvalue weighted by Gasteiger charge is -2.21. The number of hydrogen-bond acceptors (Lipinski definition) is 6. The molecule has 0 atom stereocenters. The van der Waals surface area contributed by atoms with E-state index in [0.29, 0.717) is 11.4 Å². The molecule has 0 saturated heterocycles. The van der Waals surface area contributed by atoms with E-state index in [1.165, 1.54) is 24.3 Å². The first-order valence-electron chi connectivity index (χ1n) is 10.9. The number of aromatic carboxylic acids is 1. The normalized spacial score (nSPS) is 11.7. The summed E-state index contributed by atoms with van der Waals surface area (Å²) < 4.78 is 33.8. The highest BCUT2D eigenvalue weighted by molar-refractivity contribution is 7.90. The Morgan fingerprint density at radius 3 is 2.20 bits per heavy atom. The van der Waals surface area contributed by atoms with Gasteiger partial charge in [-0.2, -0.15) is 0 Å². The standard InChI is InChI=1S/C26H28N2O6S.2H2/c1-15-12-16(2)22(17(3)13-15)34-24-20(10-11-21(27-24)26(4,5)6)23(29)28-35(32,33)19-9-7-8-18(14-19)25(30)31;;/h7-14H,1-6H3,(H,28,29)(H,30,31);2*1H. The van der Waals surface area contributed by atoms with Crippen molar-refractivity contribution in [2.24, 2.45) is 0 Å². The fourth-order valence-electron chi connectivity index (χ4n) is 3.57. The Kier molecular flexibility index (Phi) is 7.03. The molecule has 0 spiro atoms. The first-order valence-corrected chi connectivity index (χ1v) is 12.3. The van der Waals surface area contributed by atoms with Gasteiger partial charge in [0.15, 0.2) is 0 Å². The number of rotatable bonds is 6. The summed E-state index contributed by atoms with van der Waals surface area (Å²) in [5.41, 5.74) is 2.75. The quantitative estimate of drug-likeness (QED) is 0.464. The lowest BCUT2D eigenvalue weighted by Crippen LogP contribution is -2.31. The van der Waals surface area contributed by atoms with Gasteiger partial charge in [-0.1, -0.05) is 44.5 Å². The number of carbonyl (C=O) groups is 2. The molecular weight excluding hydrogens is 468 g/mol. The molecule has 3 rings (SSSR count). The summed E-state index contributed by atoms with van der Waals surface area (Å²) in [5, 5.41) is 9.16. The Morgan fingerprint density at radius 2 is 1.63 bits per heavy atom. The van der Waals surface area contributed by atoms with Gasteiger partial charge in [-0.3, -0.25) is 4.79 Å². The van der Waals surface area contributed by atoms with E-state index in [2.05, 4.69) is 4.98 Å². The van der Waals surface area contributed by atoms with E-state index < -0.39 is 21.9 Å². The monoisotopic (exact) mass is 500 g/mol. The zero-order valence-corrected chi connectivity index (χ0v) is 21.3. The number of carbonyl (C=O) groups excluding carboxylic acids is 1. The van der Waals surface area contributed by atoms with E-state index in [4.69, 9.17) is 9.84 Å². The van der Waals surface area contributed by atoms with Crippen LogP contribution in [0.1, 0.15) is 66.7 Å². The number of hydrogen-bond donors (Lipinski definition) is 2. The number of aromatic nitrogens is 1. The minimum absolute atomic E-state index is 0. The average molecular weight is 501 g/mol. The van der Waals surface area contributed by atoms with Crippen LogP contribution in [0.3, 0.4) is 0 Å². The topological polar surface area (TPSA) is 123 Å². The smallest absolute Gasteiger partial charge is 0.335 e. The van der Waals surface area contributed by atoms with Crippen LogP contribution in [0.15, 0.2) is 53.4 Å². The van der Waals surface area contributed by atoms with E-state index in [1.807, 2.05) is 58.4 Å². The van der Waals surface area contributed by atoms with Crippen LogP contribution in [0.4, 0.5) is 0 Å². The number of ether oxygens (including phenoxy) is 1. The van der Waals surface area contributed by atoms with Gasteiger partial charge in [0, 0.05) is 14.0 Å². The zero-order valence-electron chi connectivity index (χ0n) is 20.5. The Hall–Kier alpha value is -3.72. The van der Waals surface area contributed by atoms with Crippen molar-refractivity contribution in [1.82, 2.24) is 9.71 Å². The second kappa shape index (κ2) is 9.50. The van der Waals surface area contributed by atoms with E-state index in [9.17, 15) is 18.0 Å². The van der Waals surface area contributed by atoms with Crippen LogP contribution in [0.25, 0.3) is 0 Å². The fourth-order valence-corrected chi connectivity index (χ4v) is 4.58. The lowest BCUT2D eigenvalue weighted by atomic mass is 9.91. The van der Waals surface area contributed by atoms with Crippen LogP contribution in [-0.4, -0.2) is 30.4 Å². The molecule has 0 aliphatic carbocycles. The molecule has 1 aromatic heterocycles. The second-order valence-electron chi connectivity index (χ2n) is 9.40. The first-order chi connectivity index (χ1) is 16.2. The van der Waals surface area contributed by atoms with Crippen molar-refractivity contribution in [3.63, 3.8) is 0 Å². The van der Waals surface area contributed by atoms with Gasteiger partial charge in [0.2, 0.25) is 5.88 Å². The molecule has 0 saturated carbocycles. The van der Waals surface area contributed by atoms with Gasteiger partial charge in [0.25, 0.3) is 15.9 Å². The van der Waals surface area contributed by atoms with E-state index >= 15 is 0 Å². The van der Waals surface area contributed by atoms with E-state index in [0.717, 1.165) is 22.8 Å². The third-order valence-corrected chi connectivity index (χ3v) is 6.62. The summed E-state index contributed by atoms with van der Waals surface area (Å²) in [7, 11) is -4.36. The molecule has 0 radical (unpaired) electrons. The molecule has 3 aromatic rings. The average Bonchev–Trinajstić information content (AvgIpc) is 2.75. The number of sulfonamides is 1. The van der Waals surface area contributed by atoms with Crippen LogP contribution in [0.5, 0.6) is 11.6 Å². The first kappa shape index (κ1) is 25.9. The molecular formula is C26H32N2O6S. The Morgan fingerprint density at radius 1 is 1.00 bits per heavy atom. The predicted octanol–water partition coefficient (Wildman–Crippen LogP) is 5.41. The number of carboxylic acid groups (broad SMARTS) is 1. The van der Waals surface area contributed by atoms with Gasteiger partial charge in [0.1, 0.15) is 11.3 Å². The molecule has 0 bridgehead atoms. The van der Waals surface area contributed by atoms with Gasteiger partial charge in [-0.05, 0) is 62.2 Å². The molecule has 2 aromatic carbocycles. The molecule has 188 valence electrons. The number of pyridine rings is 1. The van der Waals surface area contributed by atoms with Gasteiger partial charge in [-0.25, -0.2) is 22.9 Å². The highest BCUT2D eigenvalue weighted by Crippen LogP contribution is 2.33. The molecule has 0 aliphatic heterocycles. The largest absolute Gasteiger partial charge is 0.478 e. The summed E-state index contributed by atoms with van der Waals surface area (Å²) in [6, 6.07) is 11.7. The van der Waals surface area contributed by atoms with Crippen LogP contribution >= 0.6 is 0 Å².